The highest BCUT2D eigenvalue weighted by molar-refractivity contribution is 7.18. The molecular formula is C19H29N3OS. The van der Waals surface area contributed by atoms with E-state index in [4.69, 9.17) is 4.98 Å². The standard InChI is InChI=1S/C19H29N3OS/c1-5-6-7-10-22-16(12-21(3)4)20-18-17(19(22)23)14-9-8-13(2)11-15(14)24-18/h13H,5-12H2,1-4H3. The zero-order chi connectivity index (χ0) is 17.3. The minimum absolute atomic E-state index is 0.194. The minimum Gasteiger partial charge on any atom is -0.302 e. The average Bonchev–Trinajstić information content (AvgIpc) is 2.87. The minimum atomic E-state index is 0.194. The van der Waals surface area contributed by atoms with Crippen molar-refractivity contribution in [3.05, 3.63) is 26.6 Å². The Bertz CT molecular complexity index is 775. The molecule has 0 radical (unpaired) electrons. The van der Waals surface area contributed by atoms with E-state index in [1.807, 2.05) is 18.7 Å². The quantitative estimate of drug-likeness (QED) is 0.745. The second kappa shape index (κ2) is 7.36. The fraction of sp³-hybridized carbons (Fsp3) is 0.684. The fourth-order valence-corrected chi connectivity index (χ4v) is 5.01. The van der Waals surface area contributed by atoms with E-state index < -0.39 is 0 Å². The molecular weight excluding hydrogens is 318 g/mol. The van der Waals surface area contributed by atoms with Gasteiger partial charge < -0.3 is 4.90 Å². The van der Waals surface area contributed by atoms with E-state index >= 15 is 0 Å². The summed E-state index contributed by atoms with van der Waals surface area (Å²) < 4.78 is 1.95. The van der Waals surface area contributed by atoms with Crippen molar-refractivity contribution in [2.45, 2.75) is 65.5 Å². The van der Waals surface area contributed by atoms with Gasteiger partial charge in [0.2, 0.25) is 0 Å². The normalized spacial score (nSPS) is 17.6. The first kappa shape index (κ1) is 17.6. The number of hydrogen-bond acceptors (Lipinski definition) is 4. The average molecular weight is 348 g/mol. The van der Waals surface area contributed by atoms with Gasteiger partial charge in [-0.3, -0.25) is 9.36 Å². The van der Waals surface area contributed by atoms with Crippen LogP contribution < -0.4 is 5.56 Å². The smallest absolute Gasteiger partial charge is 0.262 e. The van der Waals surface area contributed by atoms with Crippen LogP contribution in [0.2, 0.25) is 0 Å². The fourth-order valence-electron chi connectivity index (χ4n) is 3.62. The molecule has 0 aromatic carbocycles. The molecule has 0 saturated carbocycles. The number of hydrogen-bond donors (Lipinski definition) is 0. The van der Waals surface area contributed by atoms with Crippen molar-refractivity contribution < 1.29 is 0 Å². The molecule has 4 nitrogen and oxygen atoms in total. The molecule has 1 aliphatic carbocycles. The molecule has 24 heavy (non-hydrogen) atoms. The molecule has 132 valence electrons. The summed E-state index contributed by atoms with van der Waals surface area (Å²) in [5.41, 5.74) is 1.49. The lowest BCUT2D eigenvalue weighted by Gasteiger charge is -2.18. The van der Waals surface area contributed by atoms with E-state index in [0.717, 1.165) is 60.7 Å². The zero-order valence-corrected chi connectivity index (χ0v) is 16.2. The molecule has 0 aliphatic heterocycles. The van der Waals surface area contributed by atoms with Crippen LogP contribution in [0.4, 0.5) is 0 Å². The molecule has 5 heteroatoms. The van der Waals surface area contributed by atoms with Crippen LogP contribution in [0.3, 0.4) is 0 Å². The number of nitrogens with zero attached hydrogens (tertiary/aromatic N) is 3. The summed E-state index contributed by atoms with van der Waals surface area (Å²) in [6, 6.07) is 0. The molecule has 0 saturated heterocycles. The monoisotopic (exact) mass is 347 g/mol. The summed E-state index contributed by atoms with van der Waals surface area (Å²) in [5.74, 6) is 1.64. The van der Waals surface area contributed by atoms with Gasteiger partial charge in [0.1, 0.15) is 10.7 Å². The molecule has 1 aliphatic rings. The van der Waals surface area contributed by atoms with Gasteiger partial charge in [-0.05, 0) is 51.3 Å². The SMILES string of the molecule is CCCCCn1c(CN(C)C)nc2sc3c(c2c1=O)CCC(C)C3. The lowest BCUT2D eigenvalue weighted by molar-refractivity contribution is 0.374. The Balaban J connectivity index is 2.11. The first-order valence-electron chi connectivity index (χ1n) is 9.20. The first-order chi connectivity index (χ1) is 11.5. The number of unbranched alkanes of at least 4 members (excludes halogenated alkanes) is 2. The van der Waals surface area contributed by atoms with Gasteiger partial charge in [0.05, 0.1) is 11.9 Å². The molecule has 1 unspecified atom stereocenters. The van der Waals surface area contributed by atoms with Gasteiger partial charge in [0.25, 0.3) is 5.56 Å². The predicted molar refractivity (Wildman–Crippen MR) is 102 cm³/mol. The van der Waals surface area contributed by atoms with Crippen LogP contribution in [0.15, 0.2) is 4.79 Å². The van der Waals surface area contributed by atoms with Gasteiger partial charge in [0, 0.05) is 11.4 Å². The van der Waals surface area contributed by atoms with Gasteiger partial charge in [-0.15, -0.1) is 11.3 Å². The van der Waals surface area contributed by atoms with E-state index in [0.29, 0.717) is 0 Å². The van der Waals surface area contributed by atoms with Gasteiger partial charge in [-0.25, -0.2) is 4.98 Å². The van der Waals surface area contributed by atoms with E-state index in [1.54, 1.807) is 11.3 Å². The Morgan fingerprint density at radius 3 is 2.83 bits per heavy atom. The maximum Gasteiger partial charge on any atom is 0.262 e. The molecule has 2 aromatic rings. The lowest BCUT2D eigenvalue weighted by atomic mass is 9.89. The summed E-state index contributed by atoms with van der Waals surface area (Å²) >= 11 is 1.75. The van der Waals surface area contributed by atoms with E-state index in [9.17, 15) is 4.79 Å². The van der Waals surface area contributed by atoms with Crippen LogP contribution in [0.1, 0.15) is 55.8 Å². The number of thiophene rings is 1. The highest BCUT2D eigenvalue weighted by atomic mass is 32.1. The molecule has 0 N–H and O–H groups in total. The van der Waals surface area contributed by atoms with Gasteiger partial charge in [-0.1, -0.05) is 26.7 Å². The molecule has 2 heterocycles. The Hall–Kier alpha value is -1.20. The number of fused-ring (bicyclic) bond motifs is 3. The van der Waals surface area contributed by atoms with Crippen molar-refractivity contribution in [3.63, 3.8) is 0 Å². The molecule has 3 rings (SSSR count). The summed E-state index contributed by atoms with van der Waals surface area (Å²) in [4.78, 5) is 22.6. The number of aromatic nitrogens is 2. The highest BCUT2D eigenvalue weighted by Crippen LogP contribution is 2.35. The Labute approximate surface area is 148 Å². The number of aryl methyl sites for hydroxylation is 1. The largest absolute Gasteiger partial charge is 0.302 e. The van der Waals surface area contributed by atoms with Crippen LogP contribution in [-0.2, 0) is 25.9 Å². The van der Waals surface area contributed by atoms with Gasteiger partial charge >= 0.3 is 0 Å². The Morgan fingerprint density at radius 2 is 2.12 bits per heavy atom. The zero-order valence-electron chi connectivity index (χ0n) is 15.4. The maximum atomic E-state index is 13.3. The van der Waals surface area contributed by atoms with Gasteiger partial charge in [-0.2, -0.15) is 0 Å². The van der Waals surface area contributed by atoms with E-state index in [2.05, 4.69) is 18.7 Å². The predicted octanol–water partition coefficient (Wildman–Crippen LogP) is 3.83. The third-order valence-corrected chi connectivity index (χ3v) is 6.09. The lowest BCUT2D eigenvalue weighted by Crippen LogP contribution is -2.28. The van der Waals surface area contributed by atoms with Crippen molar-refractivity contribution in [1.82, 2.24) is 14.5 Å². The topological polar surface area (TPSA) is 38.1 Å². The van der Waals surface area contributed by atoms with E-state index in [-0.39, 0.29) is 5.56 Å². The van der Waals surface area contributed by atoms with Crippen molar-refractivity contribution in [1.29, 1.82) is 0 Å². The number of rotatable bonds is 6. The van der Waals surface area contributed by atoms with Crippen LogP contribution in [0, 0.1) is 5.92 Å². The third kappa shape index (κ3) is 3.42. The van der Waals surface area contributed by atoms with Crippen molar-refractivity contribution in [3.8, 4) is 0 Å². The van der Waals surface area contributed by atoms with Crippen LogP contribution in [0.25, 0.3) is 10.2 Å². The van der Waals surface area contributed by atoms with Crippen molar-refractivity contribution in [2.24, 2.45) is 5.92 Å². The second-order valence-corrected chi connectivity index (χ2v) is 8.55. The summed E-state index contributed by atoms with van der Waals surface area (Å²) in [7, 11) is 4.07. The highest BCUT2D eigenvalue weighted by Gasteiger charge is 2.24. The van der Waals surface area contributed by atoms with Crippen molar-refractivity contribution >= 4 is 21.6 Å². The molecule has 1 atom stereocenters. The first-order valence-corrected chi connectivity index (χ1v) is 10.0. The second-order valence-electron chi connectivity index (χ2n) is 7.46. The maximum absolute atomic E-state index is 13.3. The van der Waals surface area contributed by atoms with Crippen LogP contribution in [0.5, 0.6) is 0 Å². The Morgan fingerprint density at radius 1 is 1.33 bits per heavy atom. The summed E-state index contributed by atoms with van der Waals surface area (Å²) in [6.45, 7) is 6.01. The van der Waals surface area contributed by atoms with Gasteiger partial charge in [0.15, 0.2) is 0 Å². The molecule has 0 bridgehead atoms. The van der Waals surface area contributed by atoms with Crippen LogP contribution >= 0.6 is 11.3 Å². The molecule has 0 amide bonds. The molecule has 2 aromatic heterocycles. The summed E-state index contributed by atoms with van der Waals surface area (Å²) in [6.07, 6.45) is 6.70. The van der Waals surface area contributed by atoms with Crippen molar-refractivity contribution in [2.75, 3.05) is 14.1 Å². The van der Waals surface area contributed by atoms with E-state index in [1.165, 1.54) is 23.3 Å². The summed E-state index contributed by atoms with van der Waals surface area (Å²) in [5, 5.41) is 0.918. The third-order valence-electron chi connectivity index (χ3n) is 4.94. The molecule has 0 fully saturated rings. The van der Waals surface area contributed by atoms with Crippen LogP contribution in [-0.4, -0.2) is 28.5 Å². The molecule has 0 spiro atoms. The Kier molecular flexibility index (Phi) is 5.40.